The van der Waals surface area contributed by atoms with Crippen LogP contribution < -0.4 is 14.9 Å². The minimum atomic E-state index is -0.358. The first kappa shape index (κ1) is 17.0. The molecule has 0 aliphatic rings. The van der Waals surface area contributed by atoms with Crippen molar-refractivity contribution in [3.05, 3.63) is 52.8 Å². The van der Waals surface area contributed by atoms with Crippen LogP contribution in [0.3, 0.4) is 0 Å². The molecule has 0 saturated carbocycles. The lowest BCUT2D eigenvalue weighted by Gasteiger charge is -2.08. The summed E-state index contributed by atoms with van der Waals surface area (Å²) in [5.41, 5.74) is 3.75. The van der Waals surface area contributed by atoms with Crippen molar-refractivity contribution >= 4 is 27.5 Å². The minimum Gasteiger partial charge on any atom is -0.497 e. The van der Waals surface area contributed by atoms with Crippen LogP contribution in [0.15, 0.2) is 52.2 Å². The third-order valence-corrected chi connectivity index (χ3v) is 3.50. The van der Waals surface area contributed by atoms with Crippen LogP contribution in [0.4, 0.5) is 0 Å². The average Bonchev–Trinajstić information content (AvgIpc) is 2.59. The van der Waals surface area contributed by atoms with Crippen molar-refractivity contribution in [3.8, 4) is 11.5 Å². The Kier molecular flexibility index (Phi) is 6.10. The lowest BCUT2D eigenvalue weighted by Crippen LogP contribution is -2.25. The fourth-order valence-corrected chi connectivity index (χ4v) is 2.15. The second kappa shape index (κ2) is 8.28. The second-order valence-electron chi connectivity index (χ2n) is 4.53. The topological polar surface area (TPSA) is 72.8 Å². The van der Waals surface area contributed by atoms with E-state index in [1.165, 1.54) is 0 Å². The number of hydrazone groups is 1. The molecule has 0 aliphatic heterocycles. The Balaban J connectivity index is 1.88. The predicted octanol–water partition coefficient (Wildman–Crippen LogP) is 2.77. The highest BCUT2D eigenvalue weighted by Crippen LogP contribution is 2.28. The molecule has 0 fully saturated rings. The lowest BCUT2D eigenvalue weighted by atomic mass is 10.3. The lowest BCUT2D eigenvalue weighted by molar-refractivity contribution is -0.123. The fraction of sp³-hybridized carbons (Fsp3) is 0.188. The van der Waals surface area contributed by atoms with Crippen LogP contribution in [0.1, 0.15) is 12.6 Å². The molecule has 23 heavy (non-hydrogen) atoms. The van der Waals surface area contributed by atoms with E-state index in [-0.39, 0.29) is 12.5 Å². The van der Waals surface area contributed by atoms with E-state index in [1.807, 2.05) is 18.2 Å². The number of pyridine rings is 1. The molecule has 1 amide bonds. The number of hydrogen-bond acceptors (Lipinski definition) is 5. The SMILES string of the molecule is COc1ccc(OCC(=O)N/N=C(/C)c2ccccn2)c(Br)c1. The Bertz CT molecular complexity index is 705. The molecule has 0 spiro atoms. The fourth-order valence-electron chi connectivity index (χ4n) is 1.68. The van der Waals surface area contributed by atoms with Crippen molar-refractivity contribution < 1.29 is 14.3 Å². The highest BCUT2D eigenvalue weighted by Gasteiger charge is 2.07. The molecule has 1 heterocycles. The number of nitrogens with zero attached hydrogens (tertiary/aromatic N) is 2. The second-order valence-corrected chi connectivity index (χ2v) is 5.39. The maximum atomic E-state index is 11.8. The van der Waals surface area contributed by atoms with Crippen molar-refractivity contribution in [2.24, 2.45) is 5.10 Å². The Morgan fingerprint density at radius 2 is 2.17 bits per heavy atom. The van der Waals surface area contributed by atoms with Crippen LogP contribution in [0.25, 0.3) is 0 Å². The summed E-state index contributed by atoms with van der Waals surface area (Å²) in [6.45, 7) is 1.62. The number of hydrogen-bond donors (Lipinski definition) is 1. The van der Waals surface area contributed by atoms with E-state index in [1.54, 1.807) is 38.4 Å². The van der Waals surface area contributed by atoms with E-state index in [4.69, 9.17) is 9.47 Å². The Hall–Kier alpha value is -2.41. The molecule has 0 atom stereocenters. The van der Waals surface area contributed by atoms with Crippen LogP contribution in [-0.2, 0) is 4.79 Å². The zero-order chi connectivity index (χ0) is 16.7. The van der Waals surface area contributed by atoms with Gasteiger partial charge in [-0.15, -0.1) is 0 Å². The summed E-state index contributed by atoms with van der Waals surface area (Å²) in [6.07, 6.45) is 1.67. The van der Waals surface area contributed by atoms with Crippen molar-refractivity contribution in [2.75, 3.05) is 13.7 Å². The molecule has 0 saturated heterocycles. The monoisotopic (exact) mass is 377 g/mol. The Morgan fingerprint density at radius 1 is 1.35 bits per heavy atom. The number of ether oxygens (including phenoxy) is 2. The first-order valence-electron chi connectivity index (χ1n) is 6.81. The summed E-state index contributed by atoms with van der Waals surface area (Å²) in [5.74, 6) is 0.888. The van der Waals surface area contributed by atoms with Gasteiger partial charge in [0.05, 0.1) is 23.0 Å². The predicted molar refractivity (Wildman–Crippen MR) is 90.8 cm³/mol. The molecule has 2 rings (SSSR count). The van der Waals surface area contributed by atoms with E-state index in [0.29, 0.717) is 27.4 Å². The van der Waals surface area contributed by atoms with Crippen LogP contribution >= 0.6 is 15.9 Å². The number of amides is 1. The smallest absolute Gasteiger partial charge is 0.277 e. The van der Waals surface area contributed by atoms with Gasteiger partial charge in [-0.05, 0) is 53.2 Å². The molecule has 7 heteroatoms. The van der Waals surface area contributed by atoms with E-state index in [2.05, 4.69) is 31.4 Å². The summed E-state index contributed by atoms with van der Waals surface area (Å²) >= 11 is 3.36. The van der Waals surface area contributed by atoms with Gasteiger partial charge in [0.2, 0.25) is 0 Å². The van der Waals surface area contributed by atoms with Gasteiger partial charge in [-0.2, -0.15) is 5.10 Å². The average molecular weight is 378 g/mol. The highest BCUT2D eigenvalue weighted by molar-refractivity contribution is 9.10. The van der Waals surface area contributed by atoms with E-state index in [9.17, 15) is 4.79 Å². The van der Waals surface area contributed by atoms with Gasteiger partial charge in [0.25, 0.3) is 5.91 Å². The molecule has 2 aromatic rings. The Labute approximate surface area is 142 Å². The summed E-state index contributed by atoms with van der Waals surface area (Å²) < 4.78 is 11.2. The molecular weight excluding hydrogens is 362 g/mol. The number of rotatable bonds is 6. The summed E-state index contributed by atoms with van der Waals surface area (Å²) in [6, 6.07) is 10.7. The van der Waals surface area contributed by atoms with Crippen molar-refractivity contribution in [1.82, 2.24) is 10.4 Å². The van der Waals surface area contributed by atoms with Crippen LogP contribution in [0.5, 0.6) is 11.5 Å². The van der Waals surface area contributed by atoms with Gasteiger partial charge in [0.1, 0.15) is 11.5 Å². The third-order valence-electron chi connectivity index (χ3n) is 2.88. The van der Waals surface area contributed by atoms with E-state index in [0.717, 1.165) is 0 Å². The number of halogens is 1. The van der Waals surface area contributed by atoms with Crippen molar-refractivity contribution in [3.63, 3.8) is 0 Å². The largest absolute Gasteiger partial charge is 0.497 e. The quantitative estimate of drug-likeness (QED) is 0.620. The summed E-state index contributed by atoms with van der Waals surface area (Å²) in [4.78, 5) is 15.9. The van der Waals surface area contributed by atoms with Crippen molar-refractivity contribution in [2.45, 2.75) is 6.92 Å². The number of carbonyl (C=O) groups excluding carboxylic acids is 1. The third kappa shape index (κ3) is 5.07. The summed E-state index contributed by atoms with van der Waals surface area (Å²) in [5, 5.41) is 4.00. The molecule has 0 radical (unpaired) electrons. The molecule has 1 aromatic carbocycles. The molecule has 1 aromatic heterocycles. The van der Waals surface area contributed by atoms with Crippen LogP contribution in [0.2, 0.25) is 0 Å². The number of nitrogens with one attached hydrogen (secondary N) is 1. The van der Waals surface area contributed by atoms with Crippen LogP contribution in [0, 0.1) is 0 Å². The number of carbonyl (C=O) groups is 1. The van der Waals surface area contributed by atoms with Crippen molar-refractivity contribution in [1.29, 1.82) is 0 Å². The van der Waals surface area contributed by atoms with Gasteiger partial charge in [-0.1, -0.05) is 6.07 Å². The van der Waals surface area contributed by atoms with Gasteiger partial charge >= 0.3 is 0 Å². The van der Waals surface area contributed by atoms with Crippen LogP contribution in [-0.4, -0.2) is 30.3 Å². The van der Waals surface area contributed by atoms with Gasteiger partial charge in [0.15, 0.2) is 6.61 Å². The molecule has 1 N–H and O–H groups in total. The zero-order valence-corrected chi connectivity index (χ0v) is 14.3. The first-order valence-corrected chi connectivity index (χ1v) is 7.60. The highest BCUT2D eigenvalue weighted by atomic mass is 79.9. The van der Waals surface area contributed by atoms with E-state index >= 15 is 0 Å². The maximum absolute atomic E-state index is 11.8. The van der Waals surface area contributed by atoms with Gasteiger partial charge in [0, 0.05) is 6.20 Å². The molecule has 6 nitrogen and oxygen atoms in total. The number of aromatic nitrogens is 1. The first-order chi connectivity index (χ1) is 11.1. The Morgan fingerprint density at radius 3 is 2.83 bits per heavy atom. The molecule has 0 bridgehead atoms. The van der Waals surface area contributed by atoms with Gasteiger partial charge in [-0.25, -0.2) is 5.43 Å². The van der Waals surface area contributed by atoms with E-state index < -0.39 is 0 Å². The zero-order valence-electron chi connectivity index (χ0n) is 12.7. The maximum Gasteiger partial charge on any atom is 0.277 e. The number of benzene rings is 1. The standard InChI is InChI=1S/C16H16BrN3O3/c1-11(14-5-3-4-8-18-14)19-20-16(21)10-23-15-7-6-12(22-2)9-13(15)17/h3-9H,10H2,1-2H3,(H,20,21)/b19-11-. The number of methoxy groups -OCH3 is 1. The molecule has 0 aliphatic carbocycles. The molecule has 0 unspecified atom stereocenters. The van der Waals surface area contributed by atoms with Gasteiger partial charge in [-0.3, -0.25) is 9.78 Å². The summed E-state index contributed by atoms with van der Waals surface area (Å²) in [7, 11) is 1.58. The minimum absolute atomic E-state index is 0.149. The normalized spacial score (nSPS) is 11.0. The molecule has 120 valence electrons. The molecular formula is C16H16BrN3O3. The van der Waals surface area contributed by atoms with Gasteiger partial charge < -0.3 is 9.47 Å².